The number of carbonyl (C=O) groups is 2. The van der Waals surface area contributed by atoms with Gasteiger partial charge in [-0.05, 0) is 36.4 Å². The van der Waals surface area contributed by atoms with Gasteiger partial charge >= 0.3 is 0 Å². The molecule has 3 aromatic rings. The Morgan fingerprint density at radius 2 is 1.67 bits per heavy atom. The topological polar surface area (TPSA) is 79.3 Å². The van der Waals surface area contributed by atoms with E-state index in [1.54, 1.807) is 48.5 Å². The molecule has 2 heterocycles. The molecule has 2 aliphatic rings. The van der Waals surface area contributed by atoms with Crippen LogP contribution >= 0.6 is 23.2 Å². The van der Waals surface area contributed by atoms with E-state index in [1.165, 1.54) is 24.3 Å². The average Bonchev–Trinajstić information content (AvgIpc) is 3.32. The van der Waals surface area contributed by atoms with Crippen molar-refractivity contribution in [3.63, 3.8) is 0 Å². The summed E-state index contributed by atoms with van der Waals surface area (Å²) in [5, 5.41) is 12.6. The summed E-state index contributed by atoms with van der Waals surface area (Å²) in [6.45, 7) is 0. The molecule has 168 valence electrons. The first-order valence-corrected chi connectivity index (χ1v) is 10.9. The Kier molecular flexibility index (Phi) is 5.40. The van der Waals surface area contributed by atoms with E-state index in [0.29, 0.717) is 17.1 Å². The lowest BCUT2D eigenvalue weighted by Gasteiger charge is -2.29. The van der Waals surface area contributed by atoms with Crippen LogP contribution in [-0.4, -0.2) is 30.1 Å². The fourth-order valence-electron chi connectivity index (χ4n) is 4.39. The third kappa shape index (κ3) is 3.40. The summed E-state index contributed by atoms with van der Waals surface area (Å²) in [7, 11) is 1.47. The van der Waals surface area contributed by atoms with Crippen molar-refractivity contribution in [3.05, 3.63) is 82.3 Å². The van der Waals surface area contributed by atoms with Gasteiger partial charge in [-0.25, -0.2) is 9.96 Å². The Bertz CT molecular complexity index is 1250. The van der Waals surface area contributed by atoms with E-state index in [4.69, 9.17) is 32.8 Å². The minimum atomic E-state index is -1.11. The summed E-state index contributed by atoms with van der Waals surface area (Å²) in [4.78, 5) is 34.3. The molecule has 0 spiro atoms. The van der Waals surface area contributed by atoms with Crippen molar-refractivity contribution in [1.29, 1.82) is 0 Å². The number of phenols is 1. The predicted molar refractivity (Wildman–Crippen MR) is 124 cm³/mol. The molecule has 5 rings (SSSR count). The number of benzene rings is 3. The number of para-hydroxylation sites is 3. The molecular weight excluding hydrogens is 467 g/mol. The standard InChI is InChI=1S/C24H18Cl2N2O5/c1-32-18-10-6-5-9-17(18)27-23(30)19-20(15-11-13(25)12-16(26)21(15)29)28(33-22(19)24(27)31)14-7-3-2-4-8-14/h2-12,19-20,22,29H,1H3/t19-,20-,22-/m0/s1. The molecule has 2 amide bonds. The number of halogens is 2. The van der Waals surface area contributed by atoms with Crippen LogP contribution in [0.15, 0.2) is 66.7 Å². The Morgan fingerprint density at radius 1 is 0.970 bits per heavy atom. The third-order valence-corrected chi connectivity index (χ3v) is 6.33. The van der Waals surface area contributed by atoms with E-state index in [0.717, 1.165) is 4.90 Å². The molecule has 0 aromatic heterocycles. The molecule has 9 heteroatoms. The maximum atomic E-state index is 13.7. The fraction of sp³-hybridized carbons (Fsp3) is 0.167. The average molecular weight is 485 g/mol. The van der Waals surface area contributed by atoms with Gasteiger partial charge in [0.2, 0.25) is 5.91 Å². The van der Waals surface area contributed by atoms with Gasteiger partial charge in [0, 0.05) is 10.6 Å². The van der Waals surface area contributed by atoms with E-state index in [1.807, 2.05) is 6.07 Å². The third-order valence-electron chi connectivity index (χ3n) is 5.83. The molecule has 33 heavy (non-hydrogen) atoms. The number of hydrogen-bond acceptors (Lipinski definition) is 6. The minimum Gasteiger partial charge on any atom is -0.506 e. The number of hydrogen-bond donors (Lipinski definition) is 1. The van der Waals surface area contributed by atoms with Crippen LogP contribution in [0, 0.1) is 5.92 Å². The van der Waals surface area contributed by atoms with Gasteiger partial charge < -0.3 is 9.84 Å². The number of rotatable bonds is 4. The molecule has 0 radical (unpaired) electrons. The smallest absolute Gasteiger partial charge is 0.266 e. The number of phenolic OH excluding ortho intramolecular Hbond substituents is 1. The maximum absolute atomic E-state index is 13.7. The normalized spacial score (nSPS) is 22.1. The second-order valence-electron chi connectivity index (χ2n) is 7.67. The minimum absolute atomic E-state index is 0.0346. The van der Waals surface area contributed by atoms with Gasteiger partial charge in [0.1, 0.15) is 17.4 Å². The monoisotopic (exact) mass is 484 g/mol. The Labute approximate surface area is 199 Å². The van der Waals surface area contributed by atoms with Crippen LogP contribution in [0.2, 0.25) is 10.0 Å². The number of anilines is 2. The first-order valence-electron chi connectivity index (χ1n) is 10.1. The zero-order chi connectivity index (χ0) is 23.3. The predicted octanol–water partition coefficient (Wildman–Crippen LogP) is 4.76. The highest BCUT2D eigenvalue weighted by Gasteiger charge is 2.61. The number of carbonyl (C=O) groups excluding carboxylic acids is 2. The maximum Gasteiger partial charge on any atom is 0.266 e. The van der Waals surface area contributed by atoms with Gasteiger partial charge in [-0.2, -0.15) is 0 Å². The summed E-state index contributed by atoms with van der Waals surface area (Å²) in [6, 6.07) is 17.8. The highest BCUT2D eigenvalue weighted by molar-refractivity contribution is 6.35. The summed E-state index contributed by atoms with van der Waals surface area (Å²) in [5.74, 6) is -1.81. The molecule has 0 aliphatic carbocycles. The van der Waals surface area contributed by atoms with Crippen LogP contribution in [0.3, 0.4) is 0 Å². The lowest BCUT2D eigenvalue weighted by molar-refractivity contribution is -0.126. The molecular formula is C24H18Cl2N2O5. The number of methoxy groups -OCH3 is 1. The lowest BCUT2D eigenvalue weighted by atomic mass is 9.90. The van der Waals surface area contributed by atoms with Gasteiger partial charge in [0.25, 0.3) is 5.91 Å². The molecule has 0 unspecified atom stereocenters. The van der Waals surface area contributed by atoms with Crippen molar-refractivity contribution < 1.29 is 24.3 Å². The summed E-state index contributed by atoms with van der Waals surface area (Å²) in [5.41, 5.74) is 1.22. The van der Waals surface area contributed by atoms with E-state index in [2.05, 4.69) is 0 Å². The lowest BCUT2D eigenvalue weighted by Crippen LogP contribution is -2.37. The zero-order valence-corrected chi connectivity index (χ0v) is 18.8. The van der Waals surface area contributed by atoms with E-state index in [-0.39, 0.29) is 21.4 Å². The van der Waals surface area contributed by atoms with Crippen LogP contribution in [0.1, 0.15) is 11.6 Å². The first-order chi connectivity index (χ1) is 15.9. The van der Waals surface area contributed by atoms with Crippen LogP contribution in [0.5, 0.6) is 11.5 Å². The quantitative estimate of drug-likeness (QED) is 0.537. The van der Waals surface area contributed by atoms with Gasteiger partial charge in [-0.1, -0.05) is 53.5 Å². The molecule has 0 bridgehead atoms. The summed E-state index contributed by atoms with van der Waals surface area (Å²) >= 11 is 12.4. The number of fused-ring (bicyclic) bond motifs is 1. The molecule has 1 N–H and O–H groups in total. The van der Waals surface area contributed by atoms with Crippen LogP contribution in [-0.2, 0) is 14.4 Å². The molecule has 3 atom stereocenters. The molecule has 3 aromatic carbocycles. The number of amides is 2. The molecule has 2 aliphatic heterocycles. The van der Waals surface area contributed by atoms with Gasteiger partial charge in [0.15, 0.2) is 6.10 Å². The van der Waals surface area contributed by atoms with Crippen molar-refractivity contribution >= 4 is 46.4 Å². The highest BCUT2D eigenvalue weighted by Crippen LogP contribution is 2.51. The van der Waals surface area contributed by atoms with Crippen LogP contribution in [0.25, 0.3) is 0 Å². The molecule has 0 saturated carbocycles. The number of imide groups is 1. The van der Waals surface area contributed by atoms with Gasteiger partial charge in [-0.3, -0.25) is 14.4 Å². The van der Waals surface area contributed by atoms with E-state index >= 15 is 0 Å². The number of aromatic hydroxyl groups is 1. The Morgan fingerprint density at radius 3 is 2.39 bits per heavy atom. The first kappa shape index (κ1) is 21.6. The van der Waals surface area contributed by atoms with Crippen molar-refractivity contribution in [2.24, 2.45) is 5.92 Å². The van der Waals surface area contributed by atoms with Crippen molar-refractivity contribution in [2.75, 3.05) is 17.1 Å². The second-order valence-corrected chi connectivity index (χ2v) is 8.51. The van der Waals surface area contributed by atoms with Crippen molar-refractivity contribution in [1.82, 2.24) is 0 Å². The number of nitrogens with zero attached hydrogens (tertiary/aromatic N) is 2. The molecule has 2 saturated heterocycles. The SMILES string of the molecule is COc1ccccc1N1C(=O)[C@@H]2[C@H](ON(c3ccccc3)[C@H]2c2cc(Cl)cc(Cl)c2O)C1=O. The van der Waals surface area contributed by atoms with Crippen LogP contribution < -0.4 is 14.7 Å². The van der Waals surface area contributed by atoms with Crippen molar-refractivity contribution in [3.8, 4) is 11.5 Å². The number of ether oxygens (including phenoxy) is 1. The molecule has 2 fully saturated rings. The molecule has 7 nitrogen and oxygen atoms in total. The van der Waals surface area contributed by atoms with Crippen molar-refractivity contribution in [2.45, 2.75) is 12.1 Å². The zero-order valence-electron chi connectivity index (χ0n) is 17.3. The summed E-state index contributed by atoms with van der Waals surface area (Å²) < 4.78 is 5.36. The van der Waals surface area contributed by atoms with Crippen LogP contribution in [0.4, 0.5) is 11.4 Å². The highest BCUT2D eigenvalue weighted by atomic mass is 35.5. The van der Waals surface area contributed by atoms with E-state index < -0.39 is 29.9 Å². The fourth-order valence-corrected chi connectivity index (χ4v) is 4.90. The Hall–Kier alpha value is -3.26. The number of hydroxylamine groups is 1. The van der Waals surface area contributed by atoms with Gasteiger partial charge in [0.05, 0.1) is 29.5 Å². The van der Waals surface area contributed by atoms with Gasteiger partial charge in [-0.15, -0.1) is 0 Å². The van der Waals surface area contributed by atoms with E-state index in [9.17, 15) is 14.7 Å². The summed E-state index contributed by atoms with van der Waals surface area (Å²) in [6.07, 6.45) is -1.11. The Balaban J connectivity index is 1.65. The second kappa shape index (κ2) is 8.26. The largest absolute Gasteiger partial charge is 0.506 e.